The number of hydrogen-bond donors (Lipinski definition) is 2. The van der Waals surface area contributed by atoms with Crippen LogP contribution in [0.1, 0.15) is 5.69 Å². The number of anilines is 2. The number of pyridine rings is 1. The lowest BCUT2D eigenvalue weighted by Crippen LogP contribution is -2.13. The van der Waals surface area contributed by atoms with E-state index in [1.807, 2.05) is 0 Å². The van der Waals surface area contributed by atoms with Crippen molar-refractivity contribution in [2.24, 2.45) is 5.73 Å². The second-order valence-corrected chi connectivity index (χ2v) is 4.36. The van der Waals surface area contributed by atoms with Crippen molar-refractivity contribution in [1.82, 2.24) is 4.98 Å². The van der Waals surface area contributed by atoms with Crippen LogP contribution in [0, 0.1) is 5.82 Å². The molecule has 3 nitrogen and oxygen atoms in total. The van der Waals surface area contributed by atoms with Gasteiger partial charge in [-0.2, -0.15) is 0 Å². The average molecular weight is 282 g/mol. The molecular weight excluding hydrogens is 273 g/mol. The lowest BCUT2D eigenvalue weighted by molar-refractivity contribution is 0.628. The van der Waals surface area contributed by atoms with Crippen LogP contribution in [0.15, 0.2) is 36.5 Å². The number of thiocarbonyl (C=S) groups is 1. The third kappa shape index (κ3) is 2.75. The molecule has 0 aliphatic carbocycles. The minimum atomic E-state index is -0.386. The number of nitrogens with zero attached hydrogens (tertiary/aromatic N) is 1. The lowest BCUT2D eigenvalue weighted by Gasteiger charge is -2.11. The number of benzene rings is 1. The summed E-state index contributed by atoms with van der Waals surface area (Å²) in [5.74, 6) is -0.386. The van der Waals surface area contributed by atoms with Crippen molar-refractivity contribution in [3.63, 3.8) is 0 Å². The highest BCUT2D eigenvalue weighted by Gasteiger charge is 2.08. The molecule has 1 aromatic carbocycles. The monoisotopic (exact) mass is 281 g/mol. The maximum absolute atomic E-state index is 13.1. The van der Waals surface area contributed by atoms with Gasteiger partial charge >= 0.3 is 0 Å². The van der Waals surface area contributed by atoms with Gasteiger partial charge in [-0.1, -0.05) is 23.8 Å². The third-order valence-corrected chi connectivity index (χ3v) is 2.76. The fourth-order valence-electron chi connectivity index (χ4n) is 1.44. The zero-order valence-electron chi connectivity index (χ0n) is 9.15. The molecule has 0 saturated carbocycles. The van der Waals surface area contributed by atoms with Gasteiger partial charge in [0, 0.05) is 6.20 Å². The fraction of sp³-hybridized carbons (Fsp3) is 0. The zero-order chi connectivity index (χ0) is 13.1. The molecule has 3 N–H and O–H groups in total. The summed E-state index contributed by atoms with van der Waals surface area (Å²) < 4.78 is 13.1. The summed E-state index contributed by atoms with van der Waals surface area (Å²) in [6, 6.07) is 7.50. The number of halogens is 2. The Hall–Kier alpha value is -1.72. The van der Waals surface area contributed by atoms with E-state index >= 15 is 0 Å². The Labute approximate surface area is 114 Å². The first kappa shape index (κ1) is 12.7. The quantitative estimate of drug-likeness (QED) is 0.848. The molecule has 1 heterocycles. The molecule has 6 heteroatoms. The minimum absolute atomic E-state index is 0.158. The molecular formula is C12H9ClFN3S. The second-order valence-electron chi connectivity index (χ2n) is 3.51. The predicted octanol–water partition coefficient (Wildman–Crippen LogP) is 3.25. The Morgan fingerprint density at radius 2 is 2.11 bits per heavy atom. The Morgan fingerprint density at radius 1 is 1.33 bits per heavy atom. The molecule has 0 spiro atoms. The van der Waals surface area contributed by atoms with Crippen molar-refractivity contribution in [3.05, 3.63) is 53.1 Å². The molecule has 0 saturated heterocycles. The maximum atomic E-state index is 13.1. The summed E-state index contributed by atoms with van der Waals surface area (Å²) in [4.78, 5) is 4.22. The van der Waals surface area contributed by atoms with E-state index in [0.29, 0.717) is 22.1 Å². The van der Waals surface area contributed by atoms with Crippen LogP contribution in [-0.4, -0.2) is 9.97 Å². The summed E-state index contributed by atoms with van der Waals surface area (Å²) in [5, 5.41) is 3.36. The molecule has 92 valence electrons. The van der Waals surface area contributed by atoms with Crippen LogP contribution in [0.5, 0.6) is 0 Å². The van der Waals surface area contributed by atoms with Gasteiger partial charge in [0.1, 0.15) is 16.5 Å². The van der Waals surface area contributed by atoms with Crippen molar-refractivity contribution >= 4 is 40.2 Å². The topological polar surface area (TPSA) is 50.9 Å². The molecule has 0 radical (unpaired) electrons. The average Bonchev–Trinajstić information content (AvgIpc) is 2.34. The van der Waals surface area contributed by atoms with Gasteiger partial charge in [-0.25, -0.2) is 4.39 Å². The molecule has 0 unspecified atom stereocenters. The van der Waals surface area contributed by atoms with Crippen LogP contribution in [0.2, 0.25) is 5.02 Å². The first-order valence-corrected chi connectivity index (χ1v) is 5.83. The molecule has 0 amide bonds. The highest BCUT2D eigenvalue weighted by atomic mass is 35.5. The van der Waals surface area contributed by atoms with E-state index in [0.717, 1.165) is 0 Å². The molecule has 0 bridgehead atoms. The standard InChI is InChI=1S/C12H9ClFN3S/c13-8-4-3-7(14)6-10(8)17-9-2-1-5-16-11(9)12(15)18/h1-6,17H,(H2,15,18). The van der Waals surface area contributed by atoms with Crippen LogP contribution in [0.3, 0.4) is 0 Å². The van der Waals surface area contributed by atoms with Crippen molar-refractivity contribution in [2.75, 3.05) is 5.32 Å². The van der Waals surface area contributed by atoms with Gasteiger partial charge in [-0.3, -0.25) is 4.98 Å². The number of hydrogen-bond acceptors (Lipinski definition) is 3. The second kappa shape index (κ2) is 5.29. The maximum Gasteiger partial charge on any atom is 0.125 e. The Morgan fingerprint density at radius 3 is 2.83 bits per heavy atom. The number of nitrogens with one attached hydrogen (secondary N) is 1. The Balaban J connectivity index is 2.40. The van der Waals surface area contributed by atoms with E-state index in [1.165, 1.54) is 18.2 Å². The van der Waals surface area contributed by atoms with E-state index in [2.05, 4.69) is 10.3 Å². The molecule has 0 aliphatic rings. The SMILES string of the molecule is NC(=S)c1ncccc1Nc1cc(F)ccc1Cl. The van der Waals surface area contributed by atoms with Gasteiger partial charge in [0.25, 0.3) is 0 Å². The van der Waals surface area contributed by atoms with E-state index in [-0.39, 0.29) is 10.8 Å². The predicted molar refractivity (Wildman–Crippen MR) is 74.8 cm³/mol. The molecule has 18 heavy (non-hydrogen) atoms. The van der Waals surface area contributed by atoms with Crippen LogP contribution in [0.4, 0.5) is 15.8 Å². The smallest absolute Gasteiger partial charge is 0.125 e. The summed E-state index contributed by atoms with van der Waals surface area (Å²) in [6.07, 6.45) is 1.58. The van der Waals surface area contributed by atoms with Crippen LogP contribution in [-0.2, 0) is 0 Å². The number of aromatic nitrogens is 1. The molecule has 1 aromatic heterocycles. The van der Waals surface area contributed by atoms with E-state index in [1.54, 1.807) is 18.3 Å². The Kier molecular flexibility index (Phi) is 3.74. The van der Waals surface area contributed by atoms with Gasteiger partial charge in [0.2, 0.25) is 0 Å². The van der Waals surface area contributed by atoms with E-state index in [4.69, 9.17) is 29.6 Å². The molecule has 0 atom stereocenters. The molecule has 2 rings (SSSR count). The Bertz CT molecular complexity index is 604. The molecule has 0 fully saturated rings. The highest BCUT2D eigenvalue weighted by molar-refractivity contribution is 7.80. The summed E-state index contributed by atoms with van der Waals surface area (Å²) in [7, 11) is 0. The van der Waals surface area contributed by atoms with Crippen molar-refractivity contribution in [1.29, 1.82) is 0 Å². The normalized spacial score (nSPS) is 10.1. The summed E-state index contributed by atoms with van der Waals surface area (Å²) in [5.41, 5.74) is 7.01. The van der Waals surface area contributed by atoms with E-state index in [9.17, 15) is 4.39 Å². The largest absolute Gasteiger partial charge is 0.388 e. The zero-order valence-corrected chi connectivity index (χ0v) is 10.7. The van der Waals surface area contributed by atoms with Crippen LogP contribution >= 0.6 is 23.8 Å². The van der Waals surface area contributed by atoms with Gasteiger partial charge in [0.15, 0.2) is 0 Å². The molecule has 2 aromatic rings. The highest BCUT2D eigenvalue weighted by Crippen LogP contribution is 2.27. The minimum Gasteiger partial charge on any atom is -0.388 e. The summed E-state index contributed by atoms with van der Waals surface area (Å²) in [6.45, 7) is 0. The summed E-state index contributed by atoms with van der Waals surface area (Å²) >= 11 is 10.9. The van der Waals surface area contributed by atoms with Crippen LogP contribution < -0.4 is 11.1 Å². The fourth-order valence-corrected chi connectivity index (χ4v) is 1.77. The van der Waals surface area contributed by atoms with Gasteiger partial charge in [-0.15, -0.1) is 0 Å². The van der Waals surface area contributed by atoms with Crippen LogP contribution in [0.25, 0.3) is 0 Å². The molecule has 0 aliphatic heterocycles. The van der Waals surface area contributed by atoms with Gasteiger partial charge in [0.05, 0.1) is 16.4 Å². The number of rotatable bonds is 3. The first-order valence-electron chi connectivity index (χ1n) is 5.05. The van der Waals surface area contributed by atoms with Gasteiger partial charge < -0.3 is 11.1 Å². The lowest BCUT2D eigenvalue weighted by atomic mass is 10.2. The third-order valence-electron chi connectivity index (χ3n) is 2.24. The first-order chi connectivity index (χ1) is 8.58. The van der Waals surface area contributed by atoms with Gasteiger partial charge in [-0.05, 0) is 30.3 Å². The number of nitrogens with two attached hydrogens (primary N) is 1. The van der Waals surface area contributed by atoms with Crippen molar-refractivity contribution in [3.8, 4) is 0 Å². The van der Waals surface area contributed by atoms with Crippen molar-refractivity contribution in [2.45, 2.75) is 0 Å². The van der Waals surface area contributed by atoms with E-state index < -0.39 is 0 Å². The van der Waals surface area contributed by atoms with Crippen molar-refractivity contribution < 1.29 is 4.39 Å².